The first-order chi connectivity index (χ1) is 8.95. The van der Waals surface area contributed by atoms with Crippen molar-refractivity contribution in [2.75, 3.05) is 20.1 Å². The van der Waals surface area contributed by atoms with E-state index >= 15 is 0 Å². The summed E-state index contributed by atoms with van der Waals surface area (Å²) >= 11 is 0. The van der Waals surface area contributed by atoms with Crippen LogP contribution in [0, 0.1) is 11.7 Å². The molecule has 0 amide bonds. The number of carbonyl (C=O) groups excluding carboxylic acids is 1. The predicted molar refractivity (Wildman–Crippen MR) is 68.6 cm³/mol. The van der Waals surface area contributed by atoms with E-state index in [9.17, 15) is 19.4 Å². The van der Waals surface area contributed by atoms with Crippen LogP contribution in [0.5, 0.6) is 5.75 Å². The number of aromatic hydroxyl groups is 1. The molecule has 1 saturated carbocycles. The lowest BCUT2D eigenvalue weighted by Gasteiger charge is -2.34. The van der Waals surface area contributed by atoms with E-state index in [0.717, 1.165) is 31.5 Å². The molecule has 2 rings (SSSR count). The predicted octanol–water partition coefficient (Wildman–Crippen LogP) is 1.42. The maximum absolute atomic E-state index is 13.1. The van der Waals surface area contributed by atoms with Crippen LogP contribution in [0.4, 0.5) is 4.39 Å². The van der Waals surface area contributed by atoms with Gasteiger partial charge < -0.3 is 10.2 Å². The highest BCUT2D eigenvalue weighted by atomic mass is 19.1. The lowest BCUT2D eigenvalue weighted by Crippen LogP contribution is -2.38. The topological polar surface area (TPSA) is 60.8 Å². The number of hydrogen-bond acceptors (Lipinski definition) is 4. The fourth-order valence-corrected chi connectivity index (χ4v) is 2.42. The van der Waals surface area contributed by atoms with Crippen molar-refractivity contribution in [3.8, 4) is 5.75 Å². The quantitative estimate of drug-likeness (QED) is 0.792. The average molecular weight is 267 g/mol. The number of nitrogens with zero attached hydrogens (tertiary/aromatic N) is 1. The molecule has 1 aliphatic rings. The van der Waals surface area contributed by atoms with Gasteiger partial charge in [0.1, 0.15) is 11.6 Å². The zero-order valence-electron chi connectivity index (χ0n) is 10.8. The number of benzene rings is 1. The number of rotatable bonds is 5. The number of ketones is 1. The first kappa shape index (κ1) is 14.0. The summed E-state index contributed by atoms with van der Waals surface area (Å²) in [7, 11) is 1.80. The van der Waals surface area contributed by atoms with Crippen LogP contribution >= 0.6 is 0 Å². The van der Waals surface area contributed by atoms with Crippen molar-refractivity contribution in [3.05, 3.63) is 29.6 Å². The van der Waals surface area contributed by atoms with E-state index in [1.807, 2.05) is 4.90 Å². The molecular formula is C14H18FNO3. The molecule has 0 bridgehead atoms. The van der Waals surface area contributed by atoms with Gasteiger partial charge in [-0.1, -0.05) is 0 Å². The standard InChI is InChI=1S/C14H18FNO3/c1-16(7-9-4-11(17)5-9)8-14(19)12-6-10(15)2-3-13(12)18/h2-3,6,9,11,17-18H,4-5,7-8H2,1H3. The third-order valence-electron chi connectivity index (χ3n) is 3.45. The van der Waals surface area contributed by atoms with Crippen LogP contribution in [0.25, 0.3) is 0 Å². The number of halogens is 1. The summed E-state index contributed by atoms with van der Waals surface area (Å²) in [5.74, 6) is -0.627. The normalized spacial score (nSPS) is 22.3. The van der Waals surface area contributed by atoms with E-state index in [2.05, 4.69) is 0 Å². The second-order valence-electron chi connectivity index (χ2n) is 5.27. The molecule has 0 spiro atoms. The van der Waals surface area contributed by atoms with Crippen molar-refractivity contribution < 1.29 is 19.4 Å². The van der Waals surface area contributed by atoms with Crippen LogP contribution in [-0.2, 0) is 0 Å². The molecule has 1 aromatic rings. The molecule has 5 heteroatoms. The van der Waals surface area contributed by atoms with Crippen molar-refractivity contribution in [2.24, 2.45) is 5.92 Å². The molecule has 0 aliphatic heterocycles. The number of phenolic OH excluding ortho intramolecular Hbond substituents is 1. The Kier molecular flexibility index (Phi) is 4.17. The number of Topliss-reactive ketones (excluding diaryl/α,β-unsaturated/α-hetero) is 1. The van der Waals surface area contributed by atoms with Crippen LogP contribution in [0.3, 0.4) is 0 Å². The largest absolute Gasteiger partial charge is 0.507 e. The minimum Gasteiger partial charge on any atom is -0.507 e. The Balaban J connectivity index is 1.91. The van der Waals surface area contributed by atoms with Crippen molar-refractivity contribution in [3.63, 3.8) is 0 Å². The van der Waals surface area contributed by atoms with E-state index in [-0.39, 0.29) is 29.7 Å². The van der Waals surface area contributed by atoms with Gasteiger partial charge in [-0.3, -0.25) is 9.69 Å². The molecular weight excluding hydrogens is 249 g/mol. The van der Waals surface area contributed by atoms with Gasteiger partial charge in [-0.05, 0) is 44.0 Å². The number of phenols is 1. The smallest absolute Gasteiger partial charge is 0.180 e. The maximum Gasteiger partial charge on any atom is 0.180 e. The fraction of sp³-hybridized carbons (Fsp3) is 0.500. The van der Waals surface area contributed by atoms with Crippen LogP contribution in [0.15, 0.2) is 18.2 Å². The van der Waals surface area contributed by atoms with E-state index in [1.165, 1.54) is 6.07 Å². The highest BCUT2D eigenvalue weighted by molar-refractivity contribution is 5.99. The zero-order valence-corrected chi connectivity index (χ0v) is 10.8. The second kappa shape index (κ2) is 5.67. The van der Waals surface area contributed by atoms with Gasteiger partial charge >= 0.3 is 0 Å². The molecule has 2 N–H and O–H groups in total. The van der Waals surface area contributed by atoms with Crippen molar-refractivity contribution in [1.29, 1.82) is 0 Å². The summed E-state index contributed by atoms with van der Waals surface area (Å²) in [5, 5.41) is 18.8. The highest BCUT2D eigenvalue weighted by Gasteiger charge is 2.28. The van der Waals surface area contributed by atoms with Crippen LogP contribution in [-0.4, -0.2) is 47.1 Å². The molecule has 0 radical (unpaired) electrons. The molecule has 0 atom stereocenters. The molecule has 4 nitrogen and oxygen atoms in total. The summed E-state index contributed by atoms with van der Waals surface area (Å²) in [6.07, 6.45) is 1.33. The molecule has 0 heterocycles. The zero-order chi connectivity index (χ0) is 14.0. The van der Waals surface area contributed by atoms with E-state index in [0.29, 0.717) is 5.92 Å². The van der Waals surface area contributed by atoms with Crippen molar-refractivity contribution in [1.82, 2.24) is 4.90 Å². The van der Waals surface area contributed by atoms with Crippen molar-refractivity contribution >= 4 is 5.78 Å². The Bertz CT molecular complexity index is 472. The summed E-state index contributed by atoms with van der Waals surface area (Å²) < 4.78 is 13.1. The molecule has 0 saturated heterocycles. The summed E-state index contributed by atoms with van der Waals surface area (Å²) in [6.45, 7) is 0.850. The molecule has 104 valence electrons. The van der Waals surface area contributed by atoms with Gasteiger partial charge in [0, 0.05) is 6.54 Å². The minimum atomic E-state index is -0.536. The molecule has 0 unspecified atom stereocenters. The third-order valence-corrected chi connectivity index (χ3v) is 3.45. The average Bonchev–Trinajstić information content (AvgIpc) is 2.30. The number of aliphatic hydroxyl groups is 1. The molecule has 1 fully saturated rings. The maximum atomic E-state index is 13.1. The highest BCUT2D eigenvalue weighted by Crippen LogP contribution is 2.27. The second-order valence-corrected chi connectivity index (χ2v) is 5.27. The van der Waals surface area contributed by atoms with Crippen LogP contribution in [0.1, 0.15) is 23.2 Å². The summed E-state index contributed by atoms with van der Waals surface area (Å²) in [5.41, 5.74) is 0.0143. The summed E-state index contributed by atoms with van der Waals surface area (Å²) in [6, 6.07) is 3.36. The Hall–Kier alpha value is -1.46. The lowest BCUT2D eigenvalue weighted by molar-refractivity contribution is 0.0286. The first-order valence-electron chi connectivity index (χ1n) is 6.34. The van der Waals surface area contributed by atoms with Crippen LogP contribution in [0.2, 0.25) is 0 Å². The molecule has 1 aliphatic carbocycles. The number of aliphatic hydroxyl groups excluding tert-OH is 1. The molecule has 1 aromatic carbocycles. The van der Waals surface area contributed by atoms with E-state index in [1.54, 1.807) is 7.05 Å². The Morgan fingerprint density at radius 3 is 2.79 bits per heavy atom. The van der Waals surface area contributed by atoms with Gasteiger partial charge in [0.25, 0.3) is 0 Å². The van der Waals surface area contributed by atoms with Gasteiger partial charge in [0.05, 0.1) is 18.2 Å². The number of hydrogen-bond donors (Lipinski definition) is 2. The fourth-order valence-electron chi connectivity index (χ4n) is 2.42. The van der Waals surface area contributed by atoms with Gasteiger partial charge in [-0.2, -0.15) is 0 Å². The van der Waals surface area contributed by atoms with E-state index < -0.39 is 5.82 Å². The molecule has 0 aromatic heterocycles. The Morgan fingerprint density at radius 2 is 2.16 bits per heavy atom. The SMILES string of the molecule is CN(CC(=O)c1cc(F)ccc1O)CC1CC(O)C1. The summed E-state index contributed by atoms with van der Waals surface area (Å²) in [4.78, 5) is 13.8. The van der Waals surface area contributed by atoms with Crippen LogP contribution < -0.4 is 0 Å². The molecule has 19 heavy (non-hydrogen) atoms. The van der Waals surface area contributed by atoms with Gasteiger partial charge in [0.2, 0.25) is 0 Å². The third kappa shape index (κ3) is 3.52. The Morgan fingerprint density at radius 1 is 1.47 bits per heavy atom. The van der Waals surface area contributed by atoms with Gasteiger partial charge in [0.15, 0.2) is 5.78 Å². The van der Waals surface area contributed by atoms with Gasteiger partial charge in [-0.15, -0.1) is 0 Å². The van der Waals surface area contributed by atoms with Gasteiger partial charge in [-0.25, -0.2) is 4.39 Å². The van der Waals surface area contributed by atoms with E-state index in [4.69, 9.17) is 0 Å². The number of carbonyl (C=O) groups is 1. The lowest BCUT2D eigenvalue weighted by atomic mass is 9.82. The Labute approximate surface area is 111 Å². The minimum absolute atomic E-state index is 0.0143. The monoisotopic (exact) mass is 267 g/mol. The first-order valence-corrected chi connectivity index (χ1v) is 6.34. The van der Waals surface area contributed by atoms with Crippen molar-refractivity contribution in [2.45, 2.75) is 18.9 Å². The number of likely N-dealkylation sites (N-methyl/N-ethyl adjacent to an activating group) is 1.